The fourth-order valence-corrected chi connectivity index (χ4v) is 3.49. The van der Waals surface area contributed by atoms with Crippen molar-refractivity contribution < 1.29 is 4.42 Å². The van der Waals surface area contributed by atoms with Crippen LogP contribution in [0.5, 0.6) is 0 Å². The molecule has 0 radical (unpaired) electrons. The van der Waals surface area contributed by atoms with Crippen LogP contribution < -0.4 is 0 Å². The predicted octanol–water partition coefficient (Wildman–Crippen LogP) is 4.12. The van der Waals surface area contributed by atoms with Crippen LogP contribution in [0.3, 0.4) is 0 Å². The fraction of sp³-hybridized carbons (Fsp3) is 0.263. The Morgan fingerprint density at radius 1 is 1.12 bits per heavy atom. The molecule has 0 bridgehead atoms. The number of hydrogen-bond acceptors (Lipinski definition) is 6. The predicted molar refractivity (Wildman–Crippen MR) is 97.9 cm³/mol. The van der Waals surface area contributed by atoms with E-state index in [1.165, 1.54) is 11.8 Å². The Morgan fingerprint density at radius 3 is 2.65 bits per heavy atom. The normalized spacial score (nSPS) is 11.6. The Kier molecular flexibility index (Phi) is 6.08. The molecule has 6 nitrogen and oxygen atoms in total. The molecule has 2 aromatic heterocycles. The minimum Gasteiger partial charge on any atom is -0.461 e. The minimum absolute atomic E-state index is 0.186. The lowest BCUT2D eigenvalue weighted by atomic mass is 10.1. The smallest absolute Gasteiger partial charge is 0.200 e. The first-order valence-electron chi connectivity index (χ1n) is 8.22. The zero-order valence-electron chi connectivity index (χ0n) is 14.1. The van der Waals surface area contributed by atoms with Crippen LogP contribution in [0.4, 0.5) is 0 Å². The molecule has 0 aliphatic carbocycles. The Morgan fingerprint density at radius 2 is 1.96 bits per heavy atom. The molecule has 1 atom stereocenters. The molecule has 2 heterocycles. The maximum absolute atomic E-state index is 9.26. The van der Waals surface area contributed by atoms with Crippen molar-refractivity contribution in [3.8, 4) is 23.7 Å². The molecule has 0 unspecified atom stereocenters. The number of nitriles is 2. The summed E-state index contributed by atoms with van der Waals surface area (Å²) in [6, 6.07) is 18.1. The van der Waals surface area contributed by atoms with Crippen molar-refractivity contribution in [1.29, 1.82) is 10.5 Å². The number of nitrogens with zero attached hydrogens (tertiary/aromatic N) is 5. The summed E-state index contributed by atoms with van der Waals surface area (Å²) >= 11 is 1.48. The van der Waals surface area contributed by atoms with E-state index in [1.807, 2.05) is 47.0 Å². The molecule has 3 rings (SSSR count). The summed E-state index contributed by atoms with van der Waals surface area (Å²) < 4.78 is 7.49. The van der Waals surface area contributed by atoms with Crippen LogP contribution >= 0.6 is 11.8 Å². The van der Waals surface area contributed by atoms with E-state index in [4.69, 9.17) is 9.68 Å². The number of furan rings is 1. The highest BCUT2D eigenvalue weighted by molar-refractivity contribution is 7.99. The molecule has 0 aliphatic heterocycles. The number of aromatic nitrogens is 3. The van der Waals surface area contributed by atoms with E-state index < -0.39 is 0 Å². The van der Waals surface area contributed by atoms with Crippen molar-refractivity contribution in [3.05, 3.63) is 54.3 Å². The van der Waals surface area contributed by atoms with Gasteiger partial charge in [0.05, 0.1) is 30.9 Å². The fourth-order valence-electron chi connectivity index (χ4n) is 2.49. The van der Waals surface area contributed by atoms with Gasteiger partial charge in [-0.15, -0.1) is 10.2 Å². The Hall–Kier alpha value is -3.03. The van der Waals surface area contributed by atoms with E-state index in [9.17, 15) is 5.26 Å². The van der Waals surface area contributed by atoms with Gasteiger partial charge in [-0.1, -0.05) is 42.1 Å². The summed E-state index contributed by atoms with van der Waals surface area (Å²) in [4.78, 5) is 0. The van der Waals surface area contributed by atoms with Gasteiger partial charge in [0.1, 0.15) is 0 Å². The average Bonchev–Trinajstić information content (AvgIpc) is 3.33. The molecule has 0 fully saturated rings. The molecule has 7 heteroatoms. The van der Waals surface area contributed by atoms with Crippen molar-refractivity contribution in [2.75, 3.05) is 5.75 Å². The van der Waals surface area contributed by atoms with E-state index in [0.717, 1.165) is 10.7 Å². The first kappa shape index (κ1) is 17.8. The van der Waals surface area contributed by atoms with Gasteiger partial charge in [-0.2, -0.15) is 10.5 Å². The summed E-state index contributed by atoms with van der Waals surface area (Å²) in [5.41, 5.74) is 1.13. The van der Waals surface area contributed by atoms with Gasteiger partial charge in [0, 0.05) is 12.2 Å². The van der Waals surface area contributed by atoms with Crippen molar-refractivity contribution >= 4 is 11.8 Å². The largest absolute Gasteiger partial charge is 0.461 e. The molecule has 0 saturated carbocycles. The second-order valence-electron chi connectivity index (χ2n) is 5.69. The number of rotatable bonds is 8. The van der Waals surface area contributed by atoms with Gasteiger partial charge < -0.3 is 4.42 Å². The molecule has 26 heavy (non-hydrogen) atoms. The molecule has 0 saturated heterocycles. The van der Waals surface area contributed by atoms with Gasteiger partial charge in [0.15, 0.2) is 10.9 Å². The molecule has 0 aliphatic rings. The standard InChI is InChI=1S/C19H17N5OS/c20-10-4-8-16(12-21)14-26-19-23-22-18(17-9-5-11-25-17)24(19)13-15-6-2-1-3-7-15/h1-3,5-7,9,11,16H,4,8,13-14H2/t16-/m0/s1. The van der Waals surface area contributed by atoms with Gasteiger partial charge in [0.25, 0.3) is 0 Å². The van der Waals surface area contributed by atoms with Crippen molar-refractivity contribution in [3.63, 3.8) is 0 Å². The van der Waals surface area contributed by atoms with Crippen molar-refractivity contribution in [2.24, 2.45) is 5.92 Å². The maximum Gasteiger partial charge on any atom is 0.200 e. The Balaban J connectivity index is 1.83. The van der Waals surface area contributed by atoms with E-state index in [1.54, 1.807) is 6.26 Å². The van der Waals surface area contributed by atoms with Crippen LogP contribution in [0.2, 0.25) is 0 Å². The molecule has 0 N–H and O–H groups in total. The summed E-state index contributed by atoms with van der Waals surface area (Å²) in [7, 11) is 0. The number of hydrogen-bond donors (Lipinski definition) is 0. The minimum atomic E-state index is -0.186. The lowest BCUT2D eigenvalue weighted by Gasteiger charge is -2.10. The molecular weight excluding hydrogens is 346 g/mol. The summed E-state index contributed by atoms with van der Waals surface area (Å²) in [5.74, 6) is 1.70. The average molecular weight is 363 g/mol. The SMILES string of the molecule is N#CCC[C@@H](C#N)CSc1nnc(-c2ccco2)n1Cc1ccccc1. The lowest BCUT2D eigenvalue weighted by Crippen LogP contribution is -2.06. The topological polar surface area (TPSA) is 91.4 Å². The van der Waals surface area contributed by atoms with Crippen LogP contribution in [-0.4, -0.2) is 20.5 Å². The highest BCUT2D eigenvalue weighted by Crippen LogP contribution is 2.27. The first-order chi connectivity index (χ1) is 12.8. The summed E-state index contributed by atoms with van der Waals surface area (Å²) in [6.07, 6.45) is 2.56. The Labute approximate surface area is 156 Å². The van der Waals surface area contributed by atoms with Crippen LogP contribution in [0.15, 0.2) is 58.3 Å². The van der Waals surface area contributed by atoms with Crippen molar-refractivity contribution in [2.45, 2.75) is 24.5 Å². The van der Waals surface area contributed by atoms with Crippen LogP contribution in [-0.2, 0) is 6.54 Å². The number of thioether (sulfide) groups is 1. The van der Waals surface area contributed by atoms with Gasteiger partial charge in [-0.25, -0.2) is 0 Å². The zero-order chi connectivity index (χ0) is 18.2. The van der Waals surface area contributed by atoms with Crippen LogP contribution in [0.1, 0.15) is 18.4 Å². The maximum atomic E-state index is 9.26. The van der Waals surface area contributed by atoms with Gasteiger partial charge in [-0.05, 0) is 24.1 Å². The summed E-state index contributed by atoms with van der Waals surface area (Å²) in [6.45, 7) is 0.613. The lowest BCUT2D eigenvalue weighted by molar-refractivity contribution is 0.569. The number of benzene rings is 1. The zero-order valence-corrected chi connectivity index (χ0v) is 14.9. The summed E-state index contributed by atoms with van der Waals surface area (Å²) in [5, 5.41) is 27.3. The monoisotopic (exact) mass is 363 g/mol. The first-order valence-corrected chi connectivity index (χ1v) is 9.20. The van der Waals surface area contributed by atoms with E-state index >= 15 is 0 Å². The second-order valence-corrected chi connectivity index (χ2v) is 6.68. The van der Waals surface area contributed by atoms with Gasteiger partial charge >= 0.3 is 0 Å². The second kappa shape index (κ2) is 8.89. The van der Waals surface area contributed by atoms with Crippen LogP contribution in [0.25, 0.3) is 11.6 Å². The van der Waals surface area contributed by atoms with Gasteiger partial charge in [0.2, 0.25) is 5.82 Å². The molecule has 0 amide bonds. The van der Waals surface area contributed by atoms with Gasteiger partial charge in [-0.3, -0.25) is 4.57 Å². The Bertz CT molecular complexity index is 906. The quantitative estimate of drug-likeness (QED) is 0.559. The van der Waals surface area contributed by atoms with E-state index in [-0.39, 0.29) is 5.92 Å². The molecule has 1 aromatic carbocycles. The third-order valence-electron chi connectivity index (χ3n) is 3.84. The third kappa shape index (κ3) is 4.33. The third-order valence-corrected chi connectivity index (χ3v) is 4.97. The van der Waals surface area contributed by atoms with Crippen LogP contribution in [0, 0.1) is 28.6 Å². The highest BCUT2D eigenvalue weighted by atomic mass is 32.2. The van der Waals surface area contributed by atoms with Crippen molar-refractivity contribution in [1.82, 2.24) is 14.8 Å². The molecular formula is C19H17N5OS. The van der Waals surface area contributed by atoms with E-state index in [2.05, 4.69) is 22.3 Å². The molecule has 3 aromatic rings. The highest BCUT2D eigenvalue weighted by Gasteiger charge is 2.18. The molecule has 130 valence electrons. The molecule has 0 spiro atoms. The van der Waals surface area contributed by atoms with E-state index in [0.29, 0.717) is 36.7 Å².